The third-order valence-electron chi connectivity index (χ3n) is 8.41. The summed E-state index contributed by atoms with van der Waals surface area (Å²) in [5.74, 6) is 0.0458. The highest BCUT2D eigenvalue weighted by molar-refractivity contribution is 5.79. The van der Waals surface area contributed by atoms with Crippen LogP contribution in [-0.2, 0) is 54.0 Å². The second-order valence-electron chi connectivity index (χ2n) is 12.5. The Morgan fingerprint density at radius 1 is 0.429 bits per heavy atom. The van der Waals surface area contributed by atoms with Crippen molar-refractivity contribution >= 4 is 12.2 Å². The Kier molecular flexibility index (Phi) is 23.2. The van der Waals surface area contributed by atoms with E-state index < -0.39 is 12.2 Å². The van der Waals surface area contributed by atoms with Gasteiger partial charge in [0.1, 0.15) is 13.2 Å². The van der Waals surface area contributed by atoms with E-state index in [1.807, 2.05) is 54.6 Å². The lowest BCUT2D eigenvalue weighted by atomic mass is 9.98. The number of benzene rings is 3. The van der Waals surface area contributed by atoms with Crippen LogP contribution in [0.3, 0.4) is 0 Å². The molecule has 0 aromatic heterocycles. The predicted molar refractivity (Wildman–Crippen MR) is 209 cm³/mol. The van der Waals surface area contributed by atoms with E-state index in [1.54, 1.807) is 0 Å². The van der Waals surface area contributed by atoms with Crippen molar-refractivity contribution in [3.05, 3.63) is 95.6 Å². The van der Waals surface area contributed by atoms with E-state index in [-0.39, 0.29) is 12.5 Å². The Morgan fingerprint density at radius 2 is 0.821 bits per heavy atom. The fourth-order valence-corrected chi connectivity index (χ4v) is 5.65. The van der Waals surface area contributed by atoms with Crippen LogP contribution in [0.1, 0.15) is 29.0 Å². The first-order chi connectivity index (χ1) is 27.7. The molecular weight excluding hydrogens is 724 g/mol. The average Bonchev–Trinajstić information content (AvgIpc) is 3.55. The van der Waals surface area contributed by atoms with Gasteiger partial charge in [-0.1, -0.05) is 78.9 Å². The Bertz CT molecular complexity index is 1440. The summed E-state index contributed by atoms with van der Waals surface area (Å²) in [7, 11) is 0. The predicted octanol–water partition coefficient (Wildman–Crippen LogP) is 4.97. The number of nitrogens with one attached hydrogen (secondary N) is 2. The van der Waals surface area contributed by atoms with Gasteiger partial charge >= 0.3 is 12.2 Å². The number of ether oxygens (including phenoxy) is 10. The van der Waals surface area contributed by atoms with Gasteiger partial charge in [-0.25, -0.2) is 9.59 Å². The molecule has 4 rings (SSSR count). The lowest BCUT2D eigenvalue weighted by molar-refractivity contribution is -0.0230. The highest BCUT2D eigenvalue weighted by Gasteiger charge is 2.28. The van der Waals surface area contributed by atoms with Crippen molar-refractivity contribution in [1.82, 2.24) is 10.6 Å². The lowest BCUT2D eigenvalue weighted by Crippen LogP contribution is -2.28. The minimum atomic E-state index is -0.473. The normalized spacial score (nSPS) is 11.9. The lowest BCUT2D eigenvalue weighted by Gasteiger charge is -2.14. The highest BCUT2D eigenvalue weighted by atomic mass is 16.6. The van der Waals surface area contributed by atoms with Crippen LogP contribution < -0.4 is 10.6 Å². The molecular formula is C42H58N2O12. The number of hydrogen-bond donors (Lipinski definition) is 2. The van der Waals surface area contributed by atoms with Gasteiger partial charge in [-0.3, -0.25) is 0 Å². The number of amides is 2. The largest absolute Gasteiger partial charge is 0.449 e. The number of alkyl carbamates (subject to hydrolysis) is 2. The molecule has 3 aromatic carbocycles. The molecule has 0 saturated heterocycles. The van der Waals surface area contributed by atoms with Crippen LogP contribution in [0.15, 0.2) is 78.9 Å². The average molecular weight is 783 g/mol. The summed E-state index contributed by atoms with van der Waals surface area (Å²) in [6.07, 6.45) is -0.212. The molecule has 0 fully saturated rings. The summed E-state index contributed by atoms with van der Waals surface area (Å²) in [6, 6.07) is 26.1. The molecule has 14 heteroatoms. The first-order valence-electron chi connectivity index (χ1n) is 19.4. The van der Waals surface area contributed by atoms with Crippen LogP contribution in [0.5, 0.6) is 0 Å². The first-order valence-corrected chi connectivity index (χ1v) is 19.4. The van der Waals surface area contributed by atoms with E-state index in [4.69, 9.17) is 47.4 Å². The number of rotatable bonds is 32. The number of fused-ring (bicyclic) bond motifs is 3. The van der Waals surface area contributed by atoms with Gasteiger partial charge in [0.05, 0.1) is 99.1 Å². The molecule has 0 heterocycles. The van der Waals surface area contributed by atoms with Crippen molar-refractivity contribution in [2.75, 3.05) is 125 Å². The zero-order chi connectivity index (χ0) is 39.1. The molecule has 0 unspecified atom stereocenters. The third-order valence-corrected chi connectivity index (χ3v) is 8.41. The molecule has 14 nitrogen and oxygen atoms in total. The van der Waals surface area contributed by atoms with Crippen molar-refractivity contribution in [2.24, 2.45) is 0 Å². The van der Waals surface area contributed by atoms with Crippen molar-refractivity contribution in [2.45, 2.75) is 18.9 Å². The van der Waals surface area contributed by atoms with E-state index in [0.717, 1.165) is 5.56 Å². The Hall–Kier alpha value is -4.12. The Morgan fingerprint density at radius 3 is 1.32 bits per heavy atom. The fourth-order valence-electron chi connectivity index (χ4n) is 5.65. The van der Waals surface area contributed by atoms with Gasteiger partial charge in [0, 0.05) is 25.6 Å². The van der Waals surface area contributed by atoms with Crippen molar-refractivity contribution in [1.29, 1.82) is 0 Å². The van der Waals surface area contributed by atoms with E-state index in [9.17, 15) is 9.59 Å². The summed E-state index contributed by atoms with van der Waals surface area (Å²) in [5.41, 5.74) is 5.73. The van der Waals surface area contributed by atoms with E-state index >= 15 is 0 Å². The molecule has 2 amide bonds. The first kappa shape index (κ1) is 44.6. The molecule has 0 radical (unpaired) electrons. The zero-order valence-electron chi connectivity index (χ0n) is 32.3. The standard InChI is InChI=1S/C42H58N2O12/c45-41(56-34-40-38-13-6-4-11-36(38)37-12-5-7-14-39(37)40)43-15-8-17-47-19-21-49-23-25-51-27-29-53-31-32-54-30-28-52-26-24-50-22-20-48-18-16-44-42(46)55-33-35-9-2-1-3-10-35/h1-7,9-14,40H,8,15-34H2,(H,43,45)(H,44,46). The van der Waals surface area contributed by atoms with Crippen LogP contribution in [0, 0.1) is 0 Å². The summed E-state index contributed by atoms with van der Waals surface area (Å²) in [6.45, 7) is 8.81. The number of hydrogen-bond acceptors (Lipinski definition) is 12. The molecule has 0 aliphatic heterocycles. The SMILES string of the molecule is O=C(NCCOCCOCCOCCOCCOCCOCCOCCOCCCNC(=O)OCC1c2ccccc2-c2ccccc21)OCc1ccccc1. The molecule has 0 spiro atoms. The second kappa shape index (κ2) is 29.2. The Balaban J connectivity index is 0.792. The minimum absolute atomic E-state index is 0.0458. The molecule has 308 valence electrons. The van der Waals surface area contributed by atoms with Crippen molar-refractivity contribution < 1.29 is 57.0 Å². The molecule has 1 aliphatic rings. The summed E-state index contributed by atoms with van der Waals surface area (Å²) in [5, 5.41) is 5.45. The quantitative estimate of drug-likeness (QED) is 0.0824. The molecule has 0 saturated carbocycles. The summed E-state index contributed by atoms with van der Waals surface area (Å²) >= 11 is 0. The van der Waals surface area contributed by atoms with Gasteiger partial charge < -0.3 is 58.0 Å². The second-order valence-corrected chi connectivity index (χ2v) is 12.5. The summed E-state index contributed by atoms with van der Waals surface area (Å²) in [4.78, 5) is 23.9. The minimum Gasteiger partial charge on any atom is -0.449 e. The molecule has 56 heavy (non-hydrogen) atoms. The van der Waals surface area contributed by atoms with Crippen LogP contribution in [0.2, 0.25) is 0 Å². The van der Waals surface area contributed by atoms with Gasteiger partial charge in [-0.2, -0.15) is 0 Å². The smallest absolute Gasteiger partial charge is 0.407 e. The maximum atomic E-state index is 12.3. The summed E-state index contributed by atoms with van der Waals surface area (Å²) < 4.78 is 54.7. The maximum Gasteiger partial charge on any atom is 0.407 e. The van der Waals surface area contributed by atoms with E-state index in [0.29, 0.717) is 132 Å². The molecule has 2 N–H and O–H groups in total. The van der Waals surface area contributed by atoms with Crippen LogP contribution in [-0.4, -0.2) is 138 Å². The maximum absolute atomic E-state index is 12.3. The van der Waals surface area contributed by atoms with Crippen LogP contribution in [0.4, 0.5) is 9.59 Å². The van der Waals surface area contributed by atoms with Gasteiger partial charge in [0.2, 0.25) is 0 Å². The highest BCUT2D eigenvalue weighted by Crippen LogP contribution is 2.44. The van der Waals surface area contributed by atoms with Crippen molar-refractivity contribution in [3.8, 4) is 11.1 Å². The molecule has 3 aromatic rings. The van der Waals surface area contributed by atoms with E-state index in [2.05, 4.69) is 34.9 Å². The van der Waals surface area contributed by atoms with Gasteiger partial charge in [-0.15, -0.1) is 0 Å². The monoisotopic (exact) mass is 782 g/mol. The van der Waals surface area contributed by atoms with Gasteiger partial charge in [0.25, 0.3) is 0 Å². The molecule has 0 atom stereocenters. The Labute approximate surface area is 330 Å². The number of carbonyl (C=O) groups is 2. The van der Waals surface area contributed by atoms with E-state index in [1.165, 1.54) is 22.3 Å². The molecule has 1 aliphatic carbocycles. The third kappa shape index (κ3) is 18.7. The topological polar surface area (TPSA) is 150 Å². The number of carbonyl (C=O) groups excluding carboxylic acids is 2. The van der Waals surface area contributed by atoms with Crippen LogP contribution in [0.25, 0.3) is 11.1 Å². The van der Waals surface area contributed by atoms with Gasteiger partial charge in [-0.05, 0) is 34.2 Å². The van der Waals surface area contributed by atoms with Crippen molar-refractivity contribution in [3.63, 3.8) is 0 Å². The molecule has 0 bridgehead atoms. The van der Waals surface area contributed by atoms with Crippen LogP contribution >= 0.6 is 0 Å². The van der Waals surface area contributed by atoms with Gasteiger partial charge in [0.15, 0.2) is 0 Å². The fraction of sp³-hybridized carbons (Fsp3) is 0.524. The zero-order valence-corrected chi connectivity index (χ0v) is 32.3.